The number of aliphatic hydroxyl groups excluding tert-OH is 2. The van der Waals surface area contributed by atoms with Crippen molar-refractivity contribution < 1.29 is 58.2 Å². The number of hydrogen-bond acceptors (Lipinski definition) is 11. The van der Waals surface area contributed by atoms with Gasteiger partial charge in [-0.15, -0.1) is 0 Å². The zero-order chi connectivity index (χ0) is 54.7. The molecule has 0 spiro atoms. The Balaban J connectivity index is 2.77. The fourth-order valence-electron chi connectivity index (χ4n) is 7.88. The zero-order valence-corrected chi connectivity index (χ0v) is 46.5. The molecule has 6 unspecified atom stereocenters. The van der Waals surface area contributed by atoms with E-state index in [1.165, 1.54) is 19.3 Å². The highest BCUT2D eigenvalue weighted by Crippen LogP contribution is 2.26. The topological polar surface area (TPSA) is 175 Å². The van der Waals surface area contributed by atoms with Crippen LogP contribution in [0, 0.1) is 0 Å². The standard InChI is InChI=1S/C63H100O12/c1-4-7-10-13-16-19-22-25-27-28-30-32-34-37-40-43-46-49-55(64)71-52-54(73-56(65)50-47-44-41-38-36-33-29-26-23-20-17-14-11-8-5-2)53-72-63-61(59(68)58(67)60(75-63)62(69)70)74-57(66)51-48-45-42-39-35-31-24-21-18-15-12-9-6-3/h7,10,12,15-17,19-21,24-27,29-30,32,37,40,54,58-61,63,67-68H,4-6,8-9,11,13-14,18,22-23,28,31,33-36,38-39,41-53H2,1-3H3,(H,69,70)/b10-7-,15-12-,19-16-,20-17-,24-21-,27-25-,29-26-,32-30-,40-37-. The van der Waals surface area contributed by atoms with E-state index < -0.39 is 67.3 Å². The Bertz CT molecular complexity index is 1720. The van der Waals surface area contributed by atoms with Gasteiger partial charge in [-0.25, -0.2) is 4.79 Å². The molecule has 75 heavy (non-hydrogen) atoms. The van der Waals surface area contributed by atoms with Crippen molar-refractivity contribution >= 4 is 23.9 Å². The second kappa shape index (κ2) is 50.2. The molecule has 1 heterocycles. The third-order valence-electron chi connectivity index (χ3n) is 12.3. The van der Waals surface area contributed by atoms with E-state index >= 15 is 0 Å². The van der Waals surface area contributed by atoms with Crippen LogP contribution in [0.3, 0.4) is 0 Å². The maximum absolute atomic E-state index is 13.1. The summed E-state index contributed by atoms with van der Waals surface area (Å²) >= 11 is 0. The van der Waals surface area contributed by atoms with Gasteiger partial charge in [0.05, 0.1) is 6.61 Å². The molecule has 1 aliphatic rings. The number of aliphatic hydroxyl groups is 2. The number of esters is 3. The Morgan fingerprint density at radius 2 is 0.880 bits per heavy atom. The predicted molar refractivity (Wildman–Crippen MR) is 303 cm³/mol. The van der Waals surface area contributed by atoms with Crippen LogP contribution < -0.4 is 0 Å². The Labute approximate surface area is 453 Å². The fraction of sp³-hybridized carbons (Fsp3) is 0.651. The van der Waals surface area contributed by atoms with Gasteiger partial charge >= 0.3 is 23.9 Å². The summed E-state index contributed by atoms with van der Waals surface area (Å²) in [6.45, 7) is 5.70. The lowest BCUT2D eigenvalue weighted by molar-refractivity contribution is -0.301. The molecule has 0 aliphatic carbocycles. The van der Waals surface area contributed by atoms with Gasteiger partial charge < -0.3 is 39.0 Å². The molecule has 1 fully saturated rings. The van der Waals surface area contributed by atoms with E-state index in [1.54, 1.807) is 0 Å². The van der Waals surface area contributed by atoms with Crippen molar-refractivity contribution in [2.45, 2.75) is 250 Å². The summed E-state index contributed by atoms with van der Waals surface area (Å²) in [6.07, 6.45) is 54.9. The zero-order valence-electron chi connectivity index (χ0n) is 46.5. The molecule has 424 valence electrons. The molecule has 0 radical (unpaired) electrons. The van der Waals surface area contributed by atoms with Crippen LogP contribution in [0.2, 0.25) is 0 Å². The number of aliphatic carboxylic acids is 1. The summed E-state index contributed by atoms with van der Waals surface area (Å²) in [5.41, 5.74) is 0. The molecular weight excluding hydrogens is 949 g/mol. The fourth-order valence-corrected chi connectivity index (χ4v) is 7.88. The number of allylic oxidation sites excluding steroid dienone is 18. The molecule has 0 amide bonds. The Hall–Kier alpha value is -4.62. The number of carboxylic acids is 1. The Morgan fingerprint density at radius 3 is 1.37 bits per heavy atom. The molecule has 1 aliphatic heterocycles. The average molecular weight is 1050 g/mol. The van der Waals surface area contributed by atoms with Crippen LogP contribution in [-0.2, 0) is 42.9 Å². The van der Waals surface area contributed by atoms with Gasteiger partial charge in [0.15, 0.2) is 24.6 Å². The van der Waals surface area contributed by atoms with Gasteiger partial charge in [-0.05, 0) is 116 Å². The van der Waals surface area contributed by atoms with E-state index in [1.807, 2.05) is 6.08 Å². The second-order valence-corrected chi connectivity index (χ2v) is 19.2. The number of carboxylic acid groups (broad SMARTS) is 1. The molecule has 1 saturated heterocycles. The third kappa shape index (κ3) is 40.3. The summed E-state index contributed by atoms with van der Waals surface area (Å²) < 4.78 is 28.3. The quantitative estimate of drug-likeness (QED) is 0.0228. The lowest BCUT2D eigenvalue weighted by Crippen LogP contribution is -2.61. The molecule has 0 aromatic carbocycles. The largest absolute Gasteiger partial charge is 0.479 e. The monoisotopic (exact) mass is 1050 g/mol. The van der Waals surface area contributed by atoms with Gasteiger partial charge in [-0.2, -0.15) is 0 Å². The first kappa shape index (κ1) is 68.4. The molecule has 0 bridgehead atoms. The molecular formula is C63H100O12. The number of ether oxygens (including phenoxy) is 5. The molecule has 3 N–H and O–H groups in total. The minimum atomic E-state index is -1.92. The Morgan fingerprint density at radius 1 is 0.453 bits per heavy atom. The van der Waals surface area contributed by atoms with Crippen LogP contribution in [0.1, 0.15) is 213 Å². The second-order valence-electron chi connectivity index (χ2n) is 19.2. The lowest BCUT2D eigenvalue weighted by atomic mass is 9.98. The van der Waals surface area contributed by atoms with E-state index in [2.05, 4.69) is 124 Å². The summed E-state index contributed by atoms with van der Waals surface area (Å²) in [5, 5.41) is 31.4. The predicted octanol–water partition coefficient (Wildman–Crippen LogP) is 14.7. The van der Waals surface area contributed by atoms with Crippen LogP contribution in [0.15, 0.2) is 109 Å². The van der Waals surface area contributed by atoms with Crippen molar-refractivity contribution in [3.05, 3.63) is 109 Å². The maximum Gasteiger partial charge on any atom is 0.335 e. The third-order valence-corrected chi connectivity index (χ3v) is 12.3. The van der Waals surface area contributed by atoms with Crippen molar-refractivity contribution in [2.75, 3.05) is 13.2 Å². The first-order valence-electron chi connectivity index (χ1n) is 28.9. The number of unbranched alkanes of at least 4 members (excludes halogenated alkanes) is 15. The van der Waals surface area contributed by atoms with Crippen molar-refractivity contribution in [1.29, 1.82) is 0 Å². The molecule has 1 rings (SSSR count). The SMILES string of the molecule is CC/C=C\C/C=C\C/C=C\C/C=C\C/C=C\CCCC(=O)OCC(COC1OC(C(=O)O)C(O)C(O)C1OC(=O)CCCCCCC/C=C\C/C=C\CCC)OC(=O)CCCCCCC/C=C\C/C=C\CCCCC. The van der Waals surface area contributed by atoms with Crippen LogP contribution >= 0.6 is 0 Å². The number of hydrogen-bond donors (Lipinski definition) is 3. The maximum atomic E-state index is 13.1. The summed E-state index contributed by atoms with van der Waals surface area (Å²) in [6, 6.07) is 0. The van der Waals surface area contributed by atoms with Crippen molar-refractivity contribution in [3.8, 4) is 0 Å². The normalized spacial score (nSPS) is 19.0. The van der Waals surface area contributed by atoms with Crippen LogP contribution in [0.5, 0.6) is 0 Å². The van der Waals surface area contributed by atoms with Crippen molar-refractivity contribution in [1.82, 2.24) is 0 Å². The highest BCUT2D eigenvalue weighted by atomic mass is 16.7. The number of carbonyl (C=O) groups is 4. The van der Waals surface area contributed by atoms with Gasteiger partial charge in [-0.3, -0.25) is 14.4 Å². The molecule has 6 atom stereocenters. The molecule has 12 nitrogen and oxygen atoms in total. The van der Waals surface area contributed by atoms with Crippen molar-refractivity contribution in [3.63, 3.8) is 0 Å². The van der Waals surface area contributed by atoms with Gasteiger partial charge in [-0.1, -0.05) is 188 Å². The summed E-state index contributed by atoms with van der Waals surface area (Å²) in [4.78, 5) is 51.1. The van der Waals surface area contributed by atoms with Gasteiger partial charge in [0, 0.05) is 19.3 Å². The summed E-state index contributed by atoms with van der Waals surface area (Å²) in [7, 11) is 0. The van der Waals surface area contributed by atoms with E-state index in [4.69, 9.17) is 23.7 Å². The first-order chi connectivity index (χ1) is 36.6. The van der Waals surface area contributed by atoms with Crippen LogP contribution in [0.4, 0.5) is 0 Å². The minimum Gasteiger partial charge on any atom is -0.479 e. The van der Waals surface area contributed by atoms with E-state index in [-0.39, 0.29) is 25.9 Å². The molecule has 12 heteroatoms. The van der Waals surface area contributed by atoms with E-state index in [0.717, 1.165) is 128 Å². The summed E-state index contributed by atoms with van der Waals surface area (Å²) in [5.74, 6) is -3.25. The van der Waals surface area contributed by atoms with Crippen molar-refractivity contribution in [2.24, 2.45) is 0 Å². The average Bonchev–Trinajstić information content (AvgIpc) is 3.39. The highest BCUT2D eigenvalue weighted by molar-refractivity contribution is 5.74. The minimum absolute atomic E-state index is 0.0316. The van der Waals surface area contributed by atoms with Crippen LogP contribution in [0.25, 0.3) is 0 Å². The lowest BCUT2D eigenvalue weighted by Gasteiger charge is -2.40. The molecule has 0 aromatic heterocycles. The van der Waals surface area contributed by atoms with E-state index in [9.17, 15) is 34.5 Å². The number of carbonyl (C=O) groups excluding carboxylic acids is 3. The Kier molecular flexibility index (Phi) is 45.8. The smallest absolute Gasteiger partial charge is 0.335 e. The number of rotatable bonds is 47. The molecule has 0 aromatic rings. The van der Waals surface area contributed by atoms with E-state index in [0.29, 0.717) is 25.7 Å². The van der Waals surface area contributed by atoms with Gasteiger partial charge in [0.1, 0.15) is 18.8 Å². The highest BCUT2D eigenvalue weighted by Gasteiger charge is 2.50. The van der Waals surface area contributed by atoms with Gasteiger partial charge in [0.2, 0.25) is 0 Å². The molecule has 0 saturated carbocycles. The van der Waals surface area contributed by atoms with Crippen LogP contribution in [-0.4, -0.2) is 89.2 Å². The van der Waals surface area contributed by atoms with Gasteiger partial charge in [0.25, 0.3) is 0 Å². The first-order valence-corrected chi connectivity index (χ1v) is 28.9.